The molecule has 128 valence electrons. The summed E-state index contributed by atoms with van der Waals surface area (Å²) in [5.41, 5.74) is 1.45. The molecule has 0 bridgehead atoms. The normalized spacial score (nSPS) is 11.5. The highest BCUT2D eigenvalue weighted by Gasteiger charge is 2.09. The van der Waals surface area contributed by atoms with E-state index in [4.69, 9.17) is 5.14 Å². The average Bonchev–Trinajstić information content (AvgIpc) is 2.48. The number of primary sulfonamides is 1. The van der Waals surface area contributed by atoms with Crippen LogP contribution in [0.25, 0.3) is 0 Å². The van der Waals surface area contributed by atoms with E-state index in [1.165, 1.54) is 29.2 Å². The minimum atomic E-state index is -3.72. The summed E-state index contributed by atoms with van der Waals surface area (Å²) in [4.78, 5) is 13.3. The van der Waals surface area contributed by atoms with E-state index in [1.807, 2.05) is 24.3 Å². The van der Waals surface area contributed by atoms with E-state index in [0.717, 1.165) is 5.56 Å². The summed E-state index contributed by atoms with van der Waals surface area (Å²) in [5, 5.41) is 8.29. The van der Waals surface area contributed by atoms with Gasteiger partial charge < -0.3 is 5.32 Å². The van der Waals surface area contributed by atoms with Crippen molar-refractivity contribution < 1.29 is 13.2 Å². The van der Waals surface area contributed by atoms with Gasteiger partial charge >= 0.3 is 0 Å². The first-order valence-electron chi connectivity index (χ1n) is 7.42. The number of anilines is 1. The zero-order chi connectivity index (χ0) is 17.7. The van der Waals surface area contributed by atoms with Crippen LogP contribution in [-0.4, -0.2) is 19.6 Å². The third kappa shape index (κ3) is 5.67. The molecule has 0 aliphatic heterocycles. The summed E-state index contributed by atoms with van der Waals surface area (Å²) in [6.45, 7) is 4.26. The Kier molecular flexibility index (Phi) is 6.04. The van der Waals surface area contributed by atoms with E-state index in [0.29, 0.717) is 10.9 Å². The molecule has 0 radical (unpaired) electrons. The van der Waals surface area contributed by atoms with E-state index in [2.05, 4.69) is 19.2 Å². The van der Waals surface area contributed by atoms with E-state index < -0.39 is 10.0 Å². The maximum atomic E-state index is 12.1. The summed E-state index contributed by atoms with van der Waals surface area (Å²) in [5.74, 6) is -0.164. The second kappa shape index (κ2) is 7.83. The van der Waals surface area contributed by atoms with Crippen LogP contribution in [0.4, 0.5) is 5.69 Å². The maximum Gasteiger partial charge on any atom is 0.238 e. The number of carbonyl (C=O) groups excluding carboxylic acids is 1. The Bertz CT molecular complexity index is 799. The minimum Gasteiger partial charge on any atom is -0.326 e. The van der Waals surface area contributed by atoms with Crippen LogP contribution in [0.15, 0.2) is 58.3 Å². The monoisotopic (exact) mass is 364 g/mol. The van der Waals surface area contributed by atoms with Crippen LogP contribution in [0.5, 0.6) is 0 Å². The van der Waals surface area contributed by atoms with Crippen LogP contribution < -0.4 is 10.5 Å². The van der Waals surface area contributed by atoms with Gasteiger partial charge in [0.05, 0.1) is 11.3 Å². The van der Waals surface area contributed by atoms with Crippen molar-refractivity contribution in [2.75, 3.05) is 5.32 Å². The van der Waals surface area contributed by atoms with Gasteiger partial charge in [-0.3, -0.25) is 4.79 Å². The minimum absolute atomic E-state index is 0.0127. The first kappa shape index (κ1) is 18.5. The molecule has 0 unspecified atom stereocenters. The van der Waals surface area contributed by atoms with Crippen molar-refractivity contribution in [1.82, 2.24) is 0 Å². The van der Waals surface area contributed by atoms with Gasteiger partial charge in [0.25, 0.3) is 0 Å². The molecule has 3 N–H and O–H groups in total. The molecule has 2 aromatic carbocycles. The predicted octanol–water partition coefficient (Wildman–Crippen LogP) is 3.02. The Balaban J connectivity index is 1.95. The van der Waals surface area contributed by atoms with Crippen LogP contribution in [0.2, 0.25) is 0 Å². The first-order chi connectivity index (χ1) is 11.2. The topological polar surface area (TPSA) is 89.3 Å². The van der Waals surface area contributed by atoms with E-state index in [-0.39, 0.29) is 17.2 Å². The molecular weight excluding hydrogens is 344 g/mol. The fraction of sp³-hybridized carbons (Fsp3) is 0.235. The smallest absolute Gasteiger partial charge is 0.238 e. The number of amides is 1. The summed E-state index contributed by atoms with van der Waals surface area (Å²) in [6.07, 6.45) is 0.254. The number of hydrogen-bond acceptors (Lipinski definition) is 4. The number of rotatable bonds is 6. The molecule has 0 spiro atoms. The van der Waals surface area contributed by atoms with Gasteiger partial charge in [-0.05, 0) is 42.0 Å². The zero-order valence-electron chi connectivity index (χ0n) is 13.5. The molecule has 0 saturated heterocycles. The largest absolute Gasteiger partial charge is 0.326 e. The van der Waals surface area contributed by atoms with Crippen molar-refractivity contribution in [2.45, 2.75) is 35.3 Å². The van der Waals surface area contributed by atoms with Gasteiger partial charge in [0.15, 0.2) is 0 Å². The lowest BCUT2D eigenvalue weighted by molar-refractivity contribution is -0.115. The maximum absolute atomic E-state index is 12.1. The van der Waals surface area contributed by atoms with Gasteiger partial charge in [0.2, 0.25) is 15.9 Å². The highest BCUT2D eigenvalue weighted by Crippen LogP contribution is 2.23. The fourth-order valence-electron chi connectivity index (χ4n) is 2.08. The zero-order valence-corrected chi connectivity index (χ0v) is 15.2. The molecule has 2 rings (SSSR count). The molecular formula is C17H20N2O3S2. The highest BCUT2D eigenvalue weighted by atomic mass is 32.2. The molecule has 0 saturated carbocycles. The van der Waals surface area contributed by atoms with Gasteiger partial charge in [0, 0.05) is 15.8 Å². The lowest BCUT2D eigenvalue weighted by Crippen LogP contribution is -2.15. The number of nitrogens with two attached hydrogens (primary N) is 1. The predicted molar refractivity (Wildman–Crippen MR) is 97.6 cm³/mol. The molecule has 5 nitrogen and oxygen atoms in total. The molecule has 0 heterocycles. The molecule has 0 aliphatic rings. The van der Waals surface area contributed by atoms with Gasteiger partial charge in [-0.15, -0.1) is 11.8 Å². The number of thioether (sulfide) groups is 1. The van der Waals surface area contributed by atoms with Crippen molar-refractivity contribution >= 4 is 33.4 Å². The highest BCUT2D eigenvalue weighted by molar-refractivity contribution is 7.99. The van der Waals surface area contributed by atoms with Crippen molar-refractivity contribution in [3.63, 3.8) is 0 Å². The Morgan fingerprint density at radius 3 is 2.17 bits per heavy atom. The SMILES string of the molecule is CC(C)Sc1ccc(CC(=O)Nc2ccc(S(N)(=O)=O)cc2)cc1. The van der Waals surface area contributed by atoms with Crippen molar-refractivity contribution in [3.8, 4) is 0 Å². The number of benzene rings is 2. The molecule has 7 heteroatoms. The number of nitrogens with one attached hydrogen (secondary N) is 1. The quantitative estimate of drug-likeness (QED) is 0.771. The van der Waals surface area contributed by atoms with Crippen LogP contribution in [0, 0.1) is 0 Å². The fourth-order valence-corrected chi connectivity index (χ4v) is 3.43. The standard InChI is InChI=1S/C17H20N2O3S2/c1-12(2)23-15-7-3-13(4-8-15)11-17(20)19-14-5-9-16(10-6-14)24(18,21)22/h3-10,12H,11H2,1-2H3,(H,19,20)(H2,18,21,22). The summed E-state index contributed by atoms with van der Waals surface area (Å²) in [6, 6.07) is 13.6. The summed E-state index contributed by atoms with van der Waals surface area (Å²) < 4.78 is 22.4. The molecule has 2 aromatic rings. The molecule has 1 amide bonds. The molecule has 0 aliphatic carbocycles. The van der Waals surface area contributed by atoms with Crippen LogP contribution >= 0.6 is 11.8 Å². The third-order valence-corrected chi connectivity index (χ3v) is 5.07. The molecule has 0 fully saturated rings. The summed E-state index contributed by atoms with van der Waals surface area (Å²) in [7, 11) is -3.72. The van der Waals surface area contributed by atoms with Crippen LogP contribution in [0.1, 0.15) is 19.4 Å². The molecule has 24 heavy (non-hydrogen) atoms. The van der Waals surface area contributed by atoms with Crippen LogP contribution in [-0.2, 0) is 21.2 Å². The number of sulfonamides is 1. The first-order valence-corrected chi connectivity index (χ1v) is 9.85. The summed E-state index contributed by atoms with van der Waals surface area (Å²) >= 11 is 1.77. The Hall–Kier alpha value is -1.83. The van der Waals surface area contributed by atoms with Crippen LogP contribution in [0.3, 0.4) is 0 Å². The lowest BCUT2D eigenvalue weighted by atomic mass is 10.1. The Labute approximate surface area is 146 Å². The van der Waals surface area contributed by atoms with Crippen molar-refractivity contribution in [2.24, 2.45) is 5.14 Å². The van der Waals surface area contributed by atoms with Crippen molar-refractivity contribution in [3.05, 3.63) is 54.1 Å². The lowest BCUT2D eigenvalue weighted by Gasteiger charge is -2.08. The van der Waals surface area contributed by atoms with E-state index >= 15 is 0 Å². The van der Waals surface area contributed by atoms with Gasteiger partial charge in [-0.25, -0.2) is 13.6 Å². The van der Waals surface area contributed by atoms with Crippen molar-refractivity contribution in [1.29, 1.82) is 0 Å². The van der Waals surface area contributed by atoms with Gasteiger partial charge in [-0.2, -0.15) is 0 Å². The number of carbonyl (C=O) groups is 1. The Morgan fingerprint density at radius 1 is 1.08 bits per heavy atom. The van der Waals surface area contributed by atoms with Gasteiger partial charge in [0.1, 0.15) is 0 Å². The molecule has 0 atom stereocenters. The third-order valence-electron chi connectivity index (χ3n) is 3.13. The second-order valence-corrected chi connectivity index (χ2v) is 8.82. The van der Waals surface area contributed by atoms with E-state index in [1.54, 1.807) is 11.8 Å². The second-order valence-electron chi connectivity index (χ2n) is 5.60. The van der Waals surface area contributed by atoms with Gasteiger partial charge in [-0.1, -0.05) is 26.0 Å². The average molecular weight is 364 g/mol. The molecule has 0 aromatic heterocycles. The number of hydrogen-bond donors (Lipinski definition) is 2. The van der Waals surface area contributed by atoms with E-state index in [9.17, 15) is 13.2 Å². The Morgan fingerprint density at radius 2 is 1.67 bits per heavy atom.